The Balaban J connectivity index is 2.70. The number of rotatable bonds is 3. The van der Waals surface area contributed by atoms with E-state index in [2.05, 4.69) is 10.2 Å². The zero-order chi connectivity index (χ0) is 11.5. The number of aromatic nitrogens is 2. The molecule has 0 atom stereocenters. The Morgan fingerprint density at radius 1 is 1.53 bits per heavy atom. The van der Waals surface area contributed by atoms with E-state index in [1.54, 1.807) is 27.0 Å². The van der Waals surface area contributed by atoms with Crippen molar-refractivity contribution in [3.05, 3.63) is 24.0 Å². The second-order valence-electron chi connectivity index (χ2n) is 4.10. The largest absolute Gasteiger partial charge is 0.389 e. The van der Waals surface area contributed by atoms with Gasteiger partial charge in [-0.2, -0.15) is 10.2 Å². The van der Waals surface area contributed by atoms with Gasteiger partial charge in [0.1, 0.15) is 0 Å². The van der Waals surface area contributed by atoms with E-state index in [9.17, 15) is 9.90 Å². The molecule has 0 unspecified atom stereocenters. The van der Waals surface area contributed by atoms with Crippen molar-refractivity contribution in [1.82, 2.24) is 15.1 Å². The van der Waals surface area contributed by atoms with Gasteiger partial charge in [0.25, 0.3) is 5.91 Å². The van der Waals surface area contributed by atoms with Gasteiger partial charge in [0.15, 0.2) is 0 Å². The van der Waals surface area contributed by atoms with E-state index in [0.29, 0.717) is 5.56 Å². The minimum atomic E-state index is -0.898. The van der Waals surface area contributed by atoms with Gasteiger partial charge in [0.2, 0.25) is 0 Å². The maximum Gasteiger partial charge on any atom is 0.255 e. The Hall–Kier alpha value is -1.49. The summed E-state index contributed by atoms with van der Waals surface area (Å²) in [5.74, 6) is -0.174. The Labute approximate surface area is 88.7 Å². The van der Waals surface area contributed by atoms with E-state index in [-0.39, 0.29) is 12.5 Å². The molecule has 5 nitrogen and oxygen atoms in total. The van der Waals surface area contributed by atoms with Crippen LogP contribution >= 0.6 is 0 Å². The van der Waals surface area contributed by atoms with Gasteiger partial charge in [-0.3, -0.25) is 4.79 Å². The lowest BCUT2D eigenvalue weighted by Crippen LogP contribution is -2.39. The monoisotopic (exact) mass is 209 g/mol. The molecule has 1 N–H and O–H groups in total. The fourth-order valence-electron chi connectivity index (χ4n) is 1.29. The van der Waals surface area contributed by atoms with Crippen LogP contribution in [-0.2, 0) is 0 Å². The van der Waals surface area contributed by atoms with Gasteiger partial charge in [-0.15, -0.1) is 0 Å². The first-order valence-electron chi connectivity index (χ1n) is 4.65. The normalized spacial score (nSPS) is 11.2. The summed E-state index contributed by atoms with van der Waals surface area (Å²) in [6.07, 6.45) is 2.87. The third-order valence-electron chi connectivity index (χ3n) is 1.80. The SMILES string of the molecule is CN(CC(C)(C)O)C(=O)c1ccnnc1. The van der Waals surface area contributed by atoms with Crippen molar-refractivity contribution < 1.29 is 9.90 Å². The van der Waals surface area contributed by atoms with Crippen molar-refractivity contribution in [1.29, 1.82) is 0 Å². The third kappa shape index (κ3) is 3.63. The summed E-state index contributed by atoms with van der Waals surface area (Å²) in [4.78, 5) is 13.2. The zero-order valence-corrected chi connectivity index (χ0v) is 9.14. The fraction of sp³-hybridized carbons (Fsp3) is 0.500. The van der Waals surface area contributed by atoms with E-state index < -0.39 is 5.60 Å². The highest BCUT2D eigenvalue weighted by Crippen LogP contribution is 2.06. The Morgan fingerprint density at radius 2 is 2.20 bits per heavy atom. The molecule has 1 heterocycles. The molecule has 0 fully saturated rings. The molecule has 0 aromatic carbocycles. The van der Waals surface area contributed by atoms with Gasteiger partial charge in [-0.1, -0.05) is 0 Å². The lowest BCUT2D eigenvalue weighted by molar-refractivity contribution is 0.0367. The second kappa shape index (κ2) is 4.35. The molecule has 1 aromatic heterocycles. The molecule has 0 saturated heterocycles. The van der Waals surface area contributed by atoms with Crippen LogP contribution in [0.4, 0.5) is 0 Å². The highest BCUT2D eigenvalue weighted by atomic mass is 16.3. The van der Waals surface area contributed by atoms with Crippen LogP contribution in [-0.4, -0.2) is 45.3 Å². The maximum atomic E-state index is 11.8. The predicted octanol–water partition coefficient (Wildman–Crippen LogP) is 0.319. The molecule has 0 aliphatic rings. The van der Waals surface area contributed by atoms with Gasteiger partial charge >= 0.3 is 0 Å². The van der Waals surface area contributed by atoms with Crippen molar-refractivity contribution in [2.75, 3.05) is 13.6 Å². The lowest BCUT2D eigenvalue weighted by atomic mass is 10.1. The van der Waals surface area contributed by atoms with Gasteiger partial charge in [0, 0.05) is 13.6 Å². The smallest absolute Gasteiger partial charge is 0.255 e. The van der Waals surface area contributed by atoms with Gasteiger partial charge in [-0.05, 0) is 19.9 Å². The average Bonchev–Trinajstić information content (AvgIpc) is 2.15. The summed E-state index contributed by atoms with van der Waals surface area (Å²) < 4.78 is 0. The van der Waals surface area contributed by atoms with E-state index in [1.807, 2.05) is 0 Å². The molecule has 0 aliphatic carbocycles. The molecule has 82 valence electrons. The lowest BCUT2D eigenvalue weighted by Gasteiger charge is -2.25. The number of likely N-dealkylation sites (N-methyl/N-ethyl adjacent to an activating group) is 1. The molecule has 0 bridgehead atoms. The quantitative estimate of drug-likeness (QED) is 0.778. The number of carbonyl (C=O) groups excluding carboxylic acids is 1. The molecule has 0 radical (unpaired) electrons. The standard InChI is InChI=1S/C10H15N3O2/c1-10(2,15)7-13(3)9(14)8-4-5-11-12-6-8/h4-6,15H,7H2,1-3H3. The van der Waals surface area contributed by atoms with Crippen molar-refractivity contribution in [3.8, 4) is 0 Å². The summed E-state index contributed by atoms with van der Waals surface area (Å²) in [5.41, 5.74) is -0.429. The van der Waals surface area contributed by atoms with Crippen LogP contribution in [0.25, 0.3) is 0 Å². The van der Waals surface area contributed by atoms with Crippen LogP contribution in [0.15, 0.2) is 18.5 Å². The summed E-state index contributed by atoms with van der Waals surface area (Å²) in [5, 5.41) is 16.8. The van der Waals surface area contributed by atoms with Crippen LogP contribution in [0, 0.1) is 0 Å². The highest BCUT2D eigenvalue weighted by molar-refractivity contribution is 5.93. The molecule has 0 aliphatic heterocycles. The summed E-state index contributed by atoms with van der Waals surface area (Å²) in [6.45, 7) is 3.58. The van der Waals surface area contributed by atoms with E-state index in [4.69, 9.17) is 0 Å². The Morgan fingerprint density at radius 3 is 2.67 bits per heavy atom. The first kappa shape index (κ1) is 11.6. The maximum absolute atomic E-state index is 11.8. The minimum absolute atomic E-state index is 0.174. The molecule has 0 saturated carbocycles. The molecular formula is C10H15N3O2. The molecule has 1 aromatic rings. The number of amides is 1. The third-order valence-corrected chi connectivity index (χ3v) is 1.80. The number of hydrogen-bond acceptors (Lipinski definition) is 4. The van der Waals surface area contributed by atoms with E-state index >= 15 is 0 Å². The topological polar surface area (TPSA) is 66.3 Å². The first-order chi connectivity index (χ1) is 6.90. The highest BCUT2D eigenvalue weighted by Gasteiger charge is 2.20. The summed E-state index contributed by atoms with van der Waals surface area (Å²) in [6, 6.07) is 1.59. The molecule has 5 heteroatoms. The minimum Gasteiger partial charge on any atom is -0.389 e. The molecular weight excluding hydrogens is 194 g/mol. The fourth-order valence-corrected chi connectivity index (χ4v) is 1.29. The van der Waals surface area contributed by atoms with Crippen LogP contribution in [0.1, 0.15) is 24.2 Å². The van der Waals surface area contributed by atoms with Crippen LogP contribution in [0.3, 0.4) is 0 Å². The van der Waals surface area contributed by atoms with Crippen molar-refractivity contribution in [2.45, 2.75) is 19.4 Å². The van der Waals surface area contributed by atoms with Crippen molar-refractivity contribution >= 4 is 5.91 Å². The van der Waals surface area contributed by atoms with Crippen LogP contribution in [0.2, 0.25) is 0 Å². The molecule has 1 amide bonds. The predicted molar refractivity (Wildman–Crippen MR) is 55.3 cm³/mol. The van der Waals surface area contributed by atoms with Gasteiger partial charge in [-0.25, -0.2) is 0 Å². The average molecular weight is 209 g/mol. The molecule has 1 rings (SSSR count). The van der Waals surface area contributed by atoms with Crippen molar-refractivity contribution in [2.24, 2.45) is 0 Å². The van der Waals surface area contributed by atoms with Gasteiger partial charge < -0.3 is 10.0 Å². The Bertz CT molecular complexity index is 332. The molecule has 15 heavy (non-hydrogen) atoms. The number of hydrogen-bond donors (Lipinski definition) is 1. The zero-order valence-electron chi connectivity index (χ0n) is 9.14. The van der Waals surface area contributed by atoms with Crippen molar-refractivity contribution in [3.63, 3.8) is 0 Å². The first-order valence-corrected chi connectivity index (χ1v) is 4.65. The number of nitrogens with zero attached hydrogens (tertiary/aromatic N) is 3. The number of aliphatic hydroxyl groups is 1. The summed E-state index contributed by atoms with van der Waals surface area (Å²) >= 11 is 0. The van der Waals surface area contributed by atoms with Crippen LogP contribution < -0.4 is 0 Å². The number of carbonyl (C=O) groups is 1. The van der Waals surface area contributed by atoms with Gasteiger partial charge in [0.05, 0.1) is 23.6 Å². The second-order valence-corrected chi connectivity index (χ2v) is 4.10. The van der Waals surface area contributed by atoms with Crippen LogP contribution in [0.5, 0.6) is 0 Å². The molecule has 0 spiro atoms. The Kier molecular flexibility index (Phi) is 3.36. The summed E-state index contributed by atoms with van der Waals surface area (Å²) in [7, 11) is 1.64. The van der Waals surface area contributed by atoms with E-state index in [1.165, 1.54) is 17.3 Å². The van der Waals surface area contributed by atoms with E-state index in [0.717, 1.165) is 0 Å².